The maximum Gasteiger partial charge on any atom is 0.335 e. The Morgan fingerprint density at radius 1 is 1.15 bits per heavy atom. The second-order valence-corrected chi connectivity index (χ2v) is 7.84. The molecule has 0 radical (unpaired) electrons. The van der Waals surface area contributed by atoms with E-state index in [1.54, 1.807) is 12.1 Å². The second kappa shape index (κ2) is 8.12. The number of aromatic carboxylic acids is 1. The molecule has 4 nitrogen and oxygen atoms in total. The van der Waals surface area contributed by atoms with Gasteiger partial charge < -0.3 is 10.4 Å². The van der Waals surface area contributed by atoms with Crippen molar-refractivity contribution in [1.29, 1.82) is 0 Å². The van der Waals surface area contributed by atoms with Gasteiger partial charge in [0, 0.05) is 18.5 Å². The number of nitrogens with zero attached hydrogens (tertiary/aromatic N) is 1. The van der Waals surface area contributed by atoms with Crippen LogP contribution in [0.4, 0.5) is 0 Å². The molecular weight excluding hydrogens is 336 g/mol. The summed E-state index contributed by atoms with van der Waals surface area (Å²) in [4.78, 5) is 13.4. The fourth-order valence-corrected chi connectivity index (χ4v) is 4.06. The molecule has 27 heavy (non-hydrogen) atoms. The average molecular weight is 362 g/mol. The molecule has 1 saturated heterocycles. The van der Waals surface area contributed by atoms with Gasteiger partial charge in [0.05, 0.1) is 5.56 Å². The van der Waals surface area contributed by atoms with Crippen LogP contribution in [0.5, 0.6) is 0 Å². The van der Waals surface area contributed by atoms with Crippen molar-refractivity contribution in [2.24, 2.45) is 5.92 Å². The highest BCUT2D eigenvalue weighted by molar-refractivity contribution is 5.87. The third kappa shape index (κ3) is 4.68. The monoisotopic (exact) mass is 362 g/mol. The Balaban J connectivity index is 1.17. The molecule has 2 N–H and O–H groups in total. The van der Waals surface area contributed by atoms with Gasteiger partial charge in [-0.3, -0.25) is 4.90 Å². The lowest BCUT2D eigenvalue weighted by Crippen LogP contribution is -2.37. The van der Waals surface area contributed by atoms with Gasteiger partial charge in [0.15, 0.2) is 0 Å². The zero-order valence-corrected chi connectivity index (χ0v) is 15.5. The number of piperidine rings is 1. The van der Waals surface area contributed by atoms with Crippen molar-refractivity contribution in [2.75, 3.05) is 19.6 Å². The molecule has 4 heteroatoms. The molecule has 1 aliphatic carbocycles. The molecule has 0 bridgehead atoms. The van der Waals surface area contributed by atoms with Gasteiger partial charge in [0.2, 0.25) is 0 Å². The van der Waals surface area contributed by atoms with Crippen LogP contribution in [0.25, 0.3) is 0 Å². The molecule has 2 atom stereocenters. The van der Waals surface area contributed by atoms with E-state index in [1.807, 2.05) is 18.2 Å². The largest absolute Gasteiger partial charge is 0.478 e. The summed E-state index contributed by atoms with van der Waals surface area (Å²) >= 11 is 0. The highest BCUT2D eigenvalue weighted by Gasteiger charge is 2.38. The molecule has 0 spiro atoms. The predicted octanol–water partition coefficient (Wildman–Crippen LogP) is 3.34. The van der Waals surface area contributed by atoms with Gasteiger partial charge in [-0.1, -0.05) is 24.3 Å². The molecule has 1 aliphatic heterocycles. The summed E-state index contributed by atoms with van der Waals surface area (Å²) < 4.78 is 0. The SMILES string of the molecule is O=C(O)c1ccc(CN2CCC(CN[C@@H]3C[C@H]3c3cc#ccc3)CC2)cc1. The van der Waals surface area contributed by atoms with Crippen LogP contribution in [0, 0.1) is 18.1 Å². The predicted molar refractivity (Wildman–Crippen MR) is 105 cm³/mol. The van der Waals surface area contributed by atoms with Crippen molar-refractivity contribution < 1.29 is 9.90 Å². The van der Waals surface area contributed by atoms with E-state index in [0.29, 0.717) is 17.5 Å². The molecule has 2 aromatic rings. The minimum atomic E-state index is -0.864. The number of hydrogen-bond acceptors (Lipinski definition) is 3. The number of carboxylic acids is 1. The van der Waals surface area contributed by atoms with Crippen molar-refractivity contribution in [3.05, 3.63) is 71.3 Å². The molecule has 2 fully saturated rings. The van der Waals surface area contributed by atoms with E-state index in [4.69, 9.17) is 5.11 Å². The summed E-state index contributed by atoms with van der Waals surface area (Å²) in [6.07, 6.45) is 3.69. The molecule has 0 unspecified atom stereocenters. The van der Waals surface area contributed by atoms with Crippen LogP contribution in [0.2, 0.25) is 0 Å². The van der Waals surface area contributed by atoms with Gasteiger partial charge in [-0.15, -0.1) is 0 Å². The number of hydrogen-bond donors (Lipinski definition) is 2. The van der Waals surface area contributed by atoms with Crippen molar-refractivity contribution >= 4 is 5.97 Å². The molecule has 1 heterocycles. The third-order valence-corrected chi connectivity index (χ3v) is 5.88. The van der Waals surface area contributed by atoms with Crippen molar-refractivity contribution in [2.45, 2.75) is 37.8 Å². The number of carbonyl (C=O) groups is 1. The summed E-state index contributed by atoms with van der Waals surface area (Å²) in [7, 11) is 0. The number of benzene rings is 1. The average Bonchev–Trinajstić information content (AvgIpc) is 3.48. The Bertz CT molecular complexity index is 752. The highest BCUT2D eigenvalue weighted by Crippen LogP contribution is 2.40. The maximum atomic E-state index is 10.9. The zero-order valence-electron chi connectivity index (χ0n) is 15.5. The van der Waals surface area contributed by atoms with Crippen molar-refractivity contribution in [3.63, 3.8) is 0 Å². The van der Waals surface area contributed by atoms with Gasteiger partial charge in [-0.05, 0) is 86.3 Å². The smallest absolute Gasteiger partial charge is 0.335 e. The first kappa shape index (κ1) is 18.0. The van der Waals surface area contributed by atoms with Crippen molar-refractivity contribution in [3.8, 4) is 0 Å². The van der Waals surface area contributed by atoms with E-state index in [-0.39, 0.29) is 0 Å². The van der Waals surface area contributed by atoms with Gasteiger partial charge >= 0.3 is 5.97 Å². The topological polar surface area (TPSA) is 52.6 Å². The first-order valence-electron chi connectivity index (χ1n) is 9.84. The summed E-state index contributed by atoms with van der Waals surface area (Å²) in [6, 6.07) is 20.1. The summed E-state index contributed by atoms with van der Waals surface area (Å²) in [5.41, 5.74) is 2.93. The zero-order chi connectivity index (χ0) is 18.6. The van der Waals surface area contributed by atoms with E-state index >= 15 is 0 Å². The number of likely N-dealkylation sites (tertiary alicyclic amines) is 1. The number of nitrogens with one attached hydrogen (secondary N) is 1. The van der Waals surface area contributed by atoms with E-state index in [9.17, 15) is 4.79 Å². The normalized spacial score (nSPS) is 23.0. The highest BCUT2D eigenvalue weighted by atomic mass is 16.4. The molecule has 2 aromatic carbocycles. The van der Waals surface area contributed by atoms with E-state index < -0.39 is 5.97 Å². The molecule has 0 aromatic heterocycles. The van der Waals surface area contributed by atoms with Crippen LogP contribution >= 0.6 is 0 Å². The standard InChI is InChI=1S/C23H26N2O2/c26-23(27)20-8-6-18(7-9-20)16-25-12-10-17(11-13-25)15-24-22-14-21(22)19-4-2-1-3-5-19/h2,4-9,17,21-22,24H,10-16H2,(H,26,27)/t21-,22+/m0/s1. The fraction of sp³-hybridized carbons (Fsp3) is 0.435. The van der Waals surface area contributed by atoms with Crippen LogP contribution in [0.1, 0.15) is 46.7 Å². The van der Waals surface area contributed by atoms with Gasteiger partial charge in [0.25, 0.3) is 0 Å². The molecule has 140 valence electrons. The lowest BCUT2D eigenvalue weighted by atomic mass is 9.96. The minimum absolute atomic E-state index is 0.355. The number of carboxylic acid groups (broad SMARTS) is 1. The molecule has 4 rings (SSSR count). The Morgan fingerprint density at radius 3 is 2.59 bits per heavy atom. The lowest BCUT2D eigenvalue weighted by Gasteiger charge is -2.32. The Hall–Kier alpha value is -2.35. The van der Waals surface area contributed by atoms with Gasteiger partial charge in [-0.25, -0.2) is 4.79 Å². The summed E-state index contributed by atoms with van der Waals surface area (Å²) in [6.45, 7) is 4.26. The fourth-order valence-electron chi connectivity index (χ4n) is 4.06. The van der Waals surface area contributed by atoms with Crippen molar-refractivity contribution in [1.82, 2.24) is 10.2 Å². The van der Waals surface area contributed by atoms with Crippen LogP contribution in [-0.2, 0) is 6.54 Å². The quantitative estimate of drug-likeness (QED) is 0.793. The Labute approximate surface area is 161 Å². The summed E-state index contributed by atoms with van der Waals surface area (Å²) in [5, 5.41) is 12.7. The first-order chi connectivity index (χ1) is 13.2. The Morgan fingerprint density at radius 2 is 1.93 bits per heavy atom. The summed E-state index contributed by atoms with van der Waals surface area (Å²) in [5.74, 6) is 0.550. The molecular formula is C23H26N2O2. The lowest BCUT2D eigenvalue weighted by molar-refractivity contribution is 0.0697. The van der Waals surface area contributed by atoms with Gasteiger partial charge in [-0.2, -0.15) is 0 Å². The van der Waals surface area contributed by atoms with Gasteiger partial charge in [0.1, 0.15) is 0 Å². The van der Waals surface area contributed by atoms with Crippen LogP contribution < -0.4 is 5.32 Å². The van der Waals surface area contributed by atoms with E-state index in [1.165, 1.54) is 30.4 Å². The first-order valence-corrected chi connectivity index (χ1v) is 9.84. The molecule has 1 saturated carbocycles. The third-order valence-electron chi connectivity index (χ3n) is 5.88. The Kier molecular flexibility index (Phi) is 5.42. The van der Waals surface area contributed by atoms with Crippen LogP contribution in [0.15, 0.2) is 42.5 Å². The molecule has 0 amide bonds. The second-order valence-electron chi connectivity index (χ2n) is 7.84. The maximum absolute atomic E-state index is 10.9. The number of rotatable bonds is 7. The van der Waals surface area contributed by atoms with E-state index in [0.717, 1.165) is 32.1 Å². The minimum Gasteiger partial charge on any atom is -0.478 e. The van der Waals surface area contributed by atoms with E-state index in [2.05, 4.69) is 34.5 Å². The van der Waals surface area contributed by atoms with Crippen LogP contribution in [0.3, 0.4) is 0 Å². The molecule has 2 aliphatic rings. The van der Waals surface area contributed by atoms with Crippen LogP contribution in [-0.4, -0.2) is 41.7 Å².